The number of amides is 1. The van der Waals surface area contributed by atoms with Gasteiger partial charge in [-0.05, 0) is 35.4 Å². The normalized spacial score (nSPS) is 17.4. The molecule has 0 unspecified atom stereocenters. The number of alkyl halides is 4. The van der Waals surface area contributed by atoms with Gasteiger partial charge in [0.1, 0.15) is 16.0 Å². The molecule has 1 aliphatic rings. The van der Waals surface area contributed by atoms with Crippen LogP contribution in [0.2, 0.25) is 10.0 Å². The molecule has 3 aromatic carbocycles. The molecule has 0 bridgehead atoms. The zero-order valence-electron chi connectivity index (χ0n) is 20.2. The number of hydrogen-bond acceptors (Lipinski definition) is 3. The van der Waals surface area contributed by atoms with Crippen LogP contribution in [0, 0.1) is 29.2 Å². The first-order chi connectivity index (χ1) is 19.1. The summed E-state index contributed by atoms with van der Waals surface area (Å²) in [5.74, 6) is -11.5. The number of Topliss-reactive ketones (excluding diaryl/α,β-unsaturated/α-hetero) is 2. The highest BCUT2D eigenvalue weighted by Crippen LogP contribution is 2.65. The molecule has 0 aliphatic heterocycles. The number of nitrogens with one attached hydrogen (secondary N) is 1. The Morgan fingerprint density at radius 3 is 2.17 bits per heavy atom. The van der Waals surface area contributed by atoms with Crippen molar-refractivity contribution in [1.82, 2.24) is 0 Å². The molecule has 14 heteroatoms. The van der Waals surface area contributed by atoms with E-state index >= 15 is 0 Å². The number of halogens is 10. The third-order valence-electron chi connectivity index (χ3n) is 6.45. The molecule has 4 rings (SSSR count). The predicted molar refractivity (Wildman–Crippen MR) is 141 cm³/mol. The summed E-state index contributed by atoms with van der Waals surface area (Å²) in [6, 6.07) is 7.35. The Balaban J connectivity index is 1.55. The first-order valence-corrected chi connectivity index (χ1v) is 13.1. The molecule has 1 amide bonds. The van der Waals surface area contributed by atoms with Crippen molar-refractivity contribution >= 4 is 69.6 Å². The summed E-state index contributed by atoms with van der Waals surface area (Å²) < 4.78 is 81.3. The highest BCUT2D eigenvalue weighted by molar-refractivity contribution is 6.53. The standard InChI is InChI=1S/C27H15Cl4F6NO3/c28-15-3-1-10(5-16(15)29)21-22(27(21,30)31)26(41)38-12-7-14(24(35)18(33)8-12)19(39)6-11-2-4-17(32)13(23(11)34)9-20(40)25(36)37/h1-5,7-8,21-22,25H,6,9H2,(H,38,41)/t21-,22+/m0/s1. The smallest absolute Gasteiger partial charge is 0.296 e. The van der Waals surface area contributed by atoms with E-state index in [-0.39, 0.29) is 15.7 Å². The van der Waals surface area contributed by atoms with Crippen LogP contribution in [0.3, 0.4) is 0 Å². The van der Waals surface area contributed by atoms with Gasteiger partial charge < -0.3 is 5.32 Å². The van der Waals surface area contributed by atoms with E-state index in [4.69, 9.17) is 46.4 Å². The highest BCUT2D eigenvalue weighted by atomic mass is 35.5. The molecular formula is C27H15Cl4F6NO3. The van der Waals surface area contributed by atoms with Gasteiger partial charge in [-0.15, -0.1) is 23.2 Å². The van der Waals surface area contributed by atoms with E-state index in [0.29, 0.717) is 17.7 Å². The number of hydrogen-bond donors (Lipinski definition) is 1. The van der Waals surface area contributed by atoms with E-state index in [0.717, 1.165) is 12.1 Å². The second-order valence-electron chi connectivity index (χ2n) is 9.16. The van der Waals surface area contributed by atoms with E-state index in [1.807, 2.05) is 0 Å². The van der Waals surface area contributed by atoms with E-state index in [2.05, 4.69) is 5.32 Å². The van der Waals surface area contributed by atoms with Gasteiger partial charge in [0.2, 0.25) is 11.7 Å². The van der Waals surface area contributed by atoms with Crippen LogP contribution in [0.15, 0.2) is 42.5 Å². The molecule has 216 valence electrons. The number of anilines is 1. The highest BCUT2D eigenvalue weighted by Gasteiger charge is 2.67. The van der Waals surface area contributed by atoms with Gasteiger partial charge in [0.25, 0.3) is 6.43 Å². The molecule has 0 radical (unpaired) electrons. The number of benzene rings is 3. The summed E-state index contributed by atoms with van der Waals surface area (Å²) in [4.78, 5) is 37.1. The molecule has 41 heavy (non-hydrogen) atoms. The summed E-state index contributed by atoms with van der Waals surface area (Å²) in [5.41, 5.74) is -2.32. The van der Waals surface area contributed by atoms with Crippen molar-refractivity contribution in [3.05, 3.63) is 98.0 Å². The van der Waals surface area contributed by atoms with Crippen LogP contribution in [0.5, 0.6) is 0 Å². The second-order valence-corrected chi connectivity index (χ2v) is 11.4. The molecular weight excluding hydrogens is 642 g/mol. The minimum Gasteiger partial charge on any atom is -0.326 e. The van der Waals surface area contributed by atoms with Crippen LogP contribution in [-0.2, 0) is 22.4 Å². The fourth-order valence-corrected chi connectivity index (χ4v) is 5.46. The third-order valence-corrected chi connectivity index (χ3v) is 8.13. The maximum Gasteiger partial charge on any atom is 0.296 e. The van der Waals surface area contributed by atoms with E-state index in [1.165, 1.54) is 12.1 Å². The monoisotopic (exact) mass is 655 g/mol. The average molecular weight is 657 g/mol. The van der Waals surface area contributed by atoms with Gasteiger partial charge in [0, 0.05) is 36.1 Å². The molecule has 1 N–H and O–H groups in total. The van der Waals surface area contributed by atoms with E-state index < -0.39 is 92.9 Å². The van der Waals surface area contributed by atoms with Crippen LogP contribution in [0.25, 0.3) is 0 Å². The van der Waals surface area contributed by atoms with Crippen LogP contribution in [0.4, 0.5) is 32.0 Å². The van der Waals surface area contributed by atoms with Gasteiger partial charge in [-0.3, -0.25) is 14.4 Å². The minimum atomic E-state index is -3.48. The first kappa shape index (κ1) is 31.2. The molecule has 0 heterocycles. The van der Waals surface area contributed by atoms with Gasteiger partial charge in [-0.25, -0.2) is 26.3 Å². The molecule has 0 spiro atoms. The summed E-state index contributed by atoms with van der Waals surface area (Å²) in [5, 5.41) is 2.76. The summed E-state index contributed by atoms with van der Waals surface area (Å²) in [7, 11) is 0. The lowest BCUT2D eigenvalue weighted by atomic mass is 9.97. The Morgan fingerprint density at radius 1 is 0.854 bits per heavy atom. The lowest BCUT2D eigenvalue weighted by molar-refractivity contribution is -0.128. The lowest BCUT2D eigenvalue weighted by Crippen LogP contribution is -2.19. The van der Waals surface area contributed by atoms with Crippen molar-refractivity contribution in [2.24, 2.45) is 5.92 Å². The Hall–Kier alpha value is -2.79. The second kappa shape index (κ2) is 11.8. The fraction of sp³-hybridized carbons (Fsp3) is 0.222. The molecule has 4 nitrogen and oxygen atoms in total. The molecule has 3 aromatic rings. The Morgan fingerprint density at radius 2 is 1.54 bits per heavy atom. The summed E-state index contributed by atoms with van der Waals surface area (Å²) >= 11 is 24.5. The molecule has 1 saturated carbocycles. The van der Waals surface area contributed by atoms with Gasteiger partial charge in [0.15, 0.2) is 17.4 Å². The number of ketones is 2. The molecule has 1 aliphatic carbocycles. The van der Waals surface area contributed by atoms with Crippen LogP contribution in [0.1, 0.15) is 33.0 Å². The lowest BCUT2D eigenvalue weighted by Gasteiger charge is -2.11. The zero-order valence-corrected chi connectivity index (χ0v) is 23.2. The minimum absolute atomic E-state index is 0.188. The summed E-state index contributed by atoms with van der Waals surface area (Å²) in [6.07, 6.45) is -5.72. The molecule has 0 saturated heterocycles. The molecule has 2 atom stereocenters. The average Bonchev–Trinajstić information content (AvgIpc) is 3.48. The Kier molecular flexibility index (Phi) is 8.99. The maximum atomic E-state index is 14.8. The topological polar surface area (TPSA) is 63.2 Å². The van der Waals surface area contributed by atoms with Crippen LogP contribution >= 0.6 is 46.4 Å². The predicted octanol–water partition coefficient (Wildman–Crippen LogP) is 7.88. The number of carbonyl (C=O) groups is 3. The van der Waals surface area contributed by atoms with Crippen molar-refractivity contribution in [2.75, 3.05) is 5.32 Å². The number of rotatable bonds is 9. The molecule has 1 fully saturated rings. The van der Waals surface area contributed by atoms with Crippen LogP contribution in [-0.4, -0.2) is 28.2 Å². The van der Waals surface area contributed by atoms with Crippen LogP contribution < -0.4 is 5.32 Å². The number of carbonyl (C=O) groups excluding carboxylic acids is 3. The fourth-order valence-electron chi connectivity index (χ4n) is 4.32. The Bertz CT molecular complexity index is 1580. The molecule has 0 aromatic heterocycles. The Labute approximate surface area is 248 Å². The van der Waals surface area contributed by atoms with Crippen molar-refractivity contribution in [1.29, 1.82) is 0 Å². The third kappa shape index (κ3) is 6.35. The van der Waals surface area contributed by atoms with Gasteiger partial charge in [-0.1, -0.05) is 35.3 Å². The van der Waals surface area contributed by atoms with Crippen molar-refractivity contribution < 1.29 is 40.7 Å². The van der Waals surface area contributed by atoms with Crippen molar-refractivity contribution in [3.63, 3.8) is 0 Å². The SMILES string of the molecule is O=C(Cc1ccc(F)c(CC(=O)C(F)F)c1F)c1cc(NC(=O)[C@H]2[C@H](c3ccc(Cl)c(Cl)c3)C2(Cl)Cl)cc(F)c1F. The van der Waals surface area contributed by atoms with Gasteiger partial charge in [0.05, 0.1) is 21.5 Å². The maximum absolute atomic E-state index is 14.8. The van der Waals surface area contributed by atoms with Gasteiger partial charge in [-0.2, -0.15) is 0 Å². The van der Waals surface area contributed by atoms with Crippen molar-refractivity contribution in [3.8, 4) is 0 Å². The first-order valence-electron chi connectivity index (χ1n) is 11.6. The largest absolute Gasteiger partial charge is 0.326 e. The van der Waals surface area contributed by atoms with Gasteiger partial charge >= 0.3 is 0 Å². The summed E-state index contributed by atoms with van der Waals surface area (Å²) in [6.45, 7) is 0. The van der Waals surface area contributed by atoms with E-state index in [9.17, 15) is 40.7 Å². The quantitative estimate of drug-likeness (QED) is 0.145. The zero-order chi connectivity index (χ0) is 30.4. The van der Waals surface area contributed by atoms with E-state index in [1.54, 1.807) is 6.07 Å². The van der Waals surface area contributed by atoms with Crippen molar-refractivity contribution in [2.45, 2.75) is 29.5 Å².